The molecule has 0 aromatic rings. The maximum Gasteiger partial charge on any atom is 0.0777 e. The van der Waals surface area contributed by atoms with Gasteiger partial charge in [-0.2, -0.15) is 0 Å². The van der Waals surface area contributed by atoms with E-state index in [2.05, 4.69) is 27.7 Å². The van der Waals surface area contributed by atoms with E-state index in [0.29, 0.717) is 18.1 Å². The van der Waals surface area contributed by atoms with Crippen LogP contribution in [0.2, 0.25) is 0 Å². The molecule has 0 saturated heterocycles. The fraction of sp³-hybridized carbons (Fsp3) is 1.00. The molecule has 0 aromatic heterocycles. The lowest BCUT2D eigenvalue weighted by Gasteiger charge is -2.39. The molecule has 0 bridgehead atoms. The second-order valence-electron chi connectivity index (χ2n) is 5.99. The highest BCUT2D eigenvalue weighted by Crippen LogP contribution is 2.37. The normalized spacial score (nSPS) is 26.2. The molecule has 15 heavy (non-hydrogen) atoms. The Labute approximate surface area is 94.6 Å². The van der Waals surface area contributed by atoms with Gasteiger partial charge < -0.3 is 10.5 Å². The minimum absolute atomic E-state index is 0.105. The van der Waals surface area contributed by atoms with Crippen molar-refractivity contribution in [3.05, 3.63) is 0 Å². The summed E-state index contributed by atoms with van der Waals surface area (Å²) in [5.74, 6) is 0. The summed E-state index contributed by atoms with van der Waals surface area (Å²) in [5, 5.41) is 0. The standard InChI is InChI=1S/C13H27NO/c1-5-13(4,10-14)15-11-6-8-12(2,3)9-7-11/h11H,5-10,14H2,1-4H3. The third-order valence-electron chi connectivity index (χ3n) is 3.92. The van der Waals surface area contributed by atoms with Crippen molar-refractivity contribution in [3.8, 4) is 0 Å². The highest BCUT2D eigenvalue weighted by molar-refractivity contribution is 4.82. The maximum atomic E-state index is 6.15. The molecule has 1 atom stereocenters. The van der Waals surface area contributed by atoms with Crippen LogP contribution in [0.15, 0.2) is 0 Å². The lowest BCUT2D eigenvalue weighted by Crippen LogP contribution is -2.42. The molecule has 2 nitrogen and oxygen atoms in total. The van der Waals surface area contributed by atoms with Crippen LogP contribution in [0.5, 0.6) is 0 Å². The van der Waals surface area contributed by atoms with Crippen LogP contribution in [0.4, 0.5) is 0 Å². The van der Waals surface area contributed by atoms with Crippen molar-refractivity contribution < 1.29 is 4.74 Å². The second kappa shape index (κ2) is 4.84. The number of hydrogen-bond donors (Lipinski definition) is 1. The predicted molar refractivity (Wildman–Crippen MR) is 64.9 cm³/mol. The zero-order chi connectivity index (χ0) is 11.5. The average Bonchev–Trinajstić information content (AvgIpc) is 2.21. The Hall–Kier alpha value is -0.0800. The molecular weight excluding hydrogens is 186 g/mol. The number of ether oxygens (including phenoxy) is 1. The van der Waals surface area contributed by atoms with E-state index in [1.54, 1.807) is 0 Å². The third-order valence-corrected chi connectivity index (χ3v) is 3.92. The van der Waals surface area contributed by atoms with E-state index in [-0.39, 0.29) is 5.60 Å². The number of nitrogens with two attached hydrogens (primary N) is 1. The monoisotopic (exact) mass is 213 g/mol. The summed E-state index contributed by atoms with van der Waals surface area (Å²) in [4.78, 5) is 0. The van der Waals surface area contributed by atoms with Gasteiger partial charge in [-0.05, 0) is 44.4 Å². The van der Waals surface area contributed by atoms with Gasteiger partial charge in [0.2, 0.25) is 0 Å². The summed E-state index contributed by atoms with van der Waals surface area (Å²) in [5.41, 5.74) is 6.18. The molecular formula is C13H27NO. The van der Waals surface area contributed by atoms with Crippen molar-refractivity contribution in [1.82, 2.24) is 0 Å². The SMILES string of the molecule is CCC(C)(CN)OC1CCC(C)(C)CC1. The third kappa shape index (κ3) is 3.76. The van der Waals surface area contributed by atoms with Crippen LogP contribution in [-0.2, 0) is 4.74 Å². The molecule has 2 N–H and O–H groups in total. The van der Waals surface area contributed by atoms with Crippen molar-refractivity contribution in [2.45, 2.75) is 71.5 Å². The molecule has 0 aromatic carbocycles. The minimum atomic E-state index is -0.105. The van der Waals surface area contributed by atoms with Gasteiger partial charge in [0, 0.05) is 6.54 Å². The van der Waals surface area contributed by atoms with Gasteiger partial charge in [0.25, 0.3) is 0 Å². The molecule has 90 valence electrons. The molecule has 1 saturated carbocycles. The van der Waals surface area contributed by atoms with E-state index < -0.39 is 0 Å². The summed E-state index contributed by atoms with van der Waals surface area (Å²) in [6, 6.07) is 0. The van der Waals surface area contributed by atoms with Crippen molar-refractivity contribution in [2.75, 3.05) is 6.54 Å². The Morgan fingerprint density at radius 3 is 2.27 bits per heavy atom. The zero-order valence-electron chi connectivity index (χ0n) is 10.8. The molecule has 0 aliphatic heterocycles. The molecule has 0 heterocycles. The molecule has 0 amide bonds. The van der Waals surface area contributed by atoms with Crippen LogP contribution >= 0.6 is 0 Å². The smallest absolute Gasteiger partial charge is 0.0777 e. The van der Waals surface area contributed by atoms with Gasteiger partial charge in [0.15, 0.2) is 0 Å². The van der Waals surface area contributed by atoms with E-state index in [1.807, 2.05) is 0 Å². The van der Waals surface area contributed by atoms with Crippen LogP contribution in [0.3, 0.4) is 0 Å². The fourth-order valence-corrected chi connectivity index (χ4v) is 2.17. The van der Waals surface area contributed by atoms with Crippen molar-refractivity contribution in [1.29, 1.82) is 0 Å². The predicted octanol–water partition coefficient (Wildman–Crippen LogP) is 3.10. The van der Waals surface area contributed by atoms with Crippen LogP contribution < -0.4 is 5.73 Å². The summed E-state index contributed by atoms with van der Waals surface area (Å²) in [6.07, 6.45) is 6.39. The van der Waals surface area contributed by atoms with Crippen LogP contribution in [0.25, 0.3) is 0 Å². The first-order valence-corrected chi connectivity index (χ1v) is 6.29. The summed E-state index contributed by atoms with van der Waals surface area (Å²) >= 11 is 0. The van der Waals surface area contributed by atoms with Crippen LogP contribution in [0, 0.1) is 5.41 Å². The van der Waals surface area contributed by atoms with E-state index in [9.17, 15) is 0 Å². The van der Waals surface area contributed by atoms with Gasteiger partial charge in [-0.1, -0.05) is 20.8 Å². The Kier molecular flexibility index (Phi) is 4.19. The van der Waals surface area contributed by atoms with E-state index in [0.717, 1.165) is 6.42 Å². The highest BCUT2D eigenvalue weighted by Gasteiger charge is 2.31. The number of rotatable bonds is 4. The Morgan fingerprint density at radius 2 is 1.87 bits per heavy atom. The van der Waals surface area contributed by atoms with Gasteiger partial charge in [-0.25, -0.2) is 0 Å². The van der Waals surface area contributed by atoms with E-state index in [4.69, 9.17) is 10.5 Å². The maximum absolute atomic E-state index is 6.15. The fourth-order valence-electron chi connectivity index (χ4n) is 2.17. The van der Waals surface area contributed by atoms with E-state index in [1.165, 1.54) is 25.7 Å². The minimum Gasteiger partial charge on any atom is -0.371 e. The van der Waals surface area contributed by atoms with Gasteiger partial charge in [0.05, 0.1) is 11.7 Å². The van der Waals surface area contributed by atoms with Crippen molar-refractivity contribution >= 4 is 0 Å². The van der Waals surface area contributed by atoms with Gasteiger partial charge in [-0.3, -0.25) is 0 Å². The van der Waals surface area contributed by atoms with Crippen LogP contribution in [-0.4, -0.2) is 18.2 Å². The first-order valence-electron chi connectivity index (χ1n) is 6.29. The molecule has 0 spiro atoms. The Bertz CT molecular complexity index is 187. The van der Waals surface area contributed by atoms with Gasteiger partial charge >= 0.3 is 0 Å². The number of hydrogen-bond acceptors (Lipinski definition) is 2. The lowest BCUT2D eigenvalue weighted by molar-refractivity contribution is -0.101. The van der Waals surface area contributed by atoms with Gasteiger partial charge in [-0.15, -0.1) is 0 Å². The highest BCUT2D eigenvalue weighted by atomic mass is 16.5. The molecule has 0 radical (unpaired) electrons. The Morgan fingerprint density at radius 1 is 1.33 bits per heavy atom. The Balaban J connectivity index is 2.41. The van der Waals surface area contributed by atoms with Crippen molar-refractivity contribution in [2.24, 2.45) is 11.1 Å². The first kappa shape index (κ1) is 13.0. The quantitative estimate of drug-likeness (QED) is 0.779. The van der Waals surface area contributed by atoms with E-state index >= 15 is 0 Å². The molecule has 1 aliphatic rings. The molecule has 2 heteroatoms. The molecule has 1 fully saturated rings. The topological polar surface area (TPSA) is 35.2 Å². The largest absolute Gasteiger partial charge is 0.371 e. The summed E-state index contributed by atoms with van der Waals surface area (Å²) < 4.78 is 6.15. The zero-order valence-corrected chi connectivity index (χ0v) is 10.8. The lowest BCUT2D eigenvalue weighted by atomic mass is 9.76. The molecule has 1 aliphatic carbocycles. The van der Waals surface area contributed by atoms with Crippen molar-refractivity contribution in [3.63, 3.8) is 0 Å². The average molecular weight is 213 g/mol. The van der Waals surface area contributed by atoms with Gasteiger partial charge in [0.1, 0.15) is 0 Å². The second-order valence-corrected chi connectivity index (χ2v) is 5.99. The van der Waals surface area contributed by atoms with Crippen LogP contribution in [0.1, 0.15) is 59.8 Å². The first-order chi connectivity index (χ1) is 6.91. The summed E-state index contributed by atoms with van der Waals surface area (Å²) in [7, 11) is 0. The molecule has 1 rings (SSSR count). The molecule has 1 unspecified atom stereocenters. The summed E-state index contributed by atoms with van der Waals surface area (Å²) in [6.45, 7) is 9.62.